The standard InChI is InChI=1S/C24H39NO7S/c1-21(2,3)18(27)30-14-15(31-19(28)22(4,5)6)17(26)25-11-12-33-13-24(25,10)16(14)32-20(29)23(7,8)9/h14-16H,11-13H2,1-10H3/t14-,15-,16+,24-/m1/s1. The summed E-state index contributed by atoms with van der Waals surface area (Å²) in [5, 5.41) is 0. The number of amides is 1. The fourth-order valence-corrected chi connectivity index (χ4v) is 4.68. The van der Waals surface area contributed by atoms with Crippen LogP contribution in [0.25, 0.3) is 0 Å². The Bertz CT molecular complexity index is 805. The van der Waals surface area contributed by atoms with E-state index >= 15 is 0 Å². The Labute approximate surface area is 201 Å². The van der Waals surface area contributed by atoms with Crippen LogP contribution in [0.1, 0.15) is 69.2 Å². The average Bonchev–Trinajstić information content (AvgIpc) is 2.65. The van der Waals surface area contributed by atoms with E-state index in [2.05, 4.69) is 0 Å². The van der Waals surface area contributed by atoms with E-state index in [4.69, 9.17) is 14.2 Å². The molecule has 2 rings (SSSR count). The molecule has 1 amide bonds. The molecule has 0 aromatic carbocycles. The molecule has 0 saturated carbocycles. The number of hydrogen-bond acceptors (Lipinski definition) is 8. The Morgan fingerprint density at radius 3 is 1.79 bits per heavy atom. The summed E-state index contributed by atoms with van der Waals surface area (Å²) in [6.07, 6.45) is -3.67. The number of esters is 3. The van der Waals surface area contributed by atoms with Gasteiger partial charge < -0.3 is 19.1 Å². The summed E-state index contributed by atoms with van der Waals surface area (Å²) in [6, 6.07) is 0. The topological polar surface area (TPSA) is 99.2 Å². The average molecular weight is 486 g/mol. The fourth-order valence-electron chi connectivity index (χ4n) is 3.49. The van der Waals surface area contributed by atoms with Crippen LogP contribution in [0, 0.1) is 16.2 Å². The Morgan fingerprint density at radius 1 is 0.848 bits per heavy atom. The summed E-state index contributed by atoms with van der Waals surface area (Å²) in [6.45, 7) is 17.5. The van der Waals surface area contributed by atoms with Crippen LogP contribution < -0.4 is 0 Å². The van der Waals surface area contributed by atoms with Crippen molar-refractivity contribution in [1.82, 2.24) is 4.90 Å². The van der Waals surface area contributed by atoms with Crippen molar-refractivity contribution in [2.24, 2.45) is 16.2 Å². The van der Waals surface area contributed by atoms with Crippen molar-refractivity contribution < 1.29 is 33.4 Å². The van der Waals surface area contributed by atoms with Crippen LogP contribution in [0.3, 0.4) is 0 Å². The quantitative estimate of drug-likeness (QED) is 0.444. The molecular formula is C24H39NO7S. The number of fused-ring (bicyclic) bond motifs is 1. The van der Waals surface area contributed by atoms with E-state index in [-0.39, 0.29) is 0 Å². The highest BCUT2D eigenvalue weighted by molar-refractivity contribution is 7.99. The van der Waals surface area contributed by atoms with Gasteiger partial charge >= 0.3 is 17.9 Å². The second-order valence-electron chi connectivity index (χ2n) is 12.2. The third kappa shape index (κ3) is 5.84. The van der Waals surface area contributed by atoms with Crippen LogP contribution in [0.2, 0.25) is 0 Å². The molecule has 0 radical (unpaired) electrons. The molecule has 0 aliphatic carbocycles. The summed E-state index contributed by atoms with van der Waals surface area (Å²) >= 11 is 1.63. The van der Waals surface area contributed by atoms with Crippen LogP contribution in [-0.2, 0) is 33.4 Å². The highest BCUT2D eigenvalue weighted by Gasteiger charge is 2.62. The first-order valence-electron chi connectivity index (χ1n) is 11.3. The summed E-state index contributed by atoms with van der Waals surface area (Å²) in [5.74, 6) is -0.915. The van der Waals surface area contributed by atoms with Crippen molar-refractivity contribution in [1.29, 1.82) is 0 Å². The lowest BCUT2D eigenvalue weighted by Gasteiger charge is -2.55. The molecule has 0 N–H and O–H groups in total. The van der Waals surface area contributed by atoms with E-state index in [1.165, 1.54) is 0 Å². The Morgan fingerprint density at radius 2 is 1.30 bits per heavy atom. The van der Waals surface area contributed by atoms with E-state index in [1.807, 2.05) is 6.92 Å². The van der Waals surface area contributed by atoms with Gasteiger partial charge in [-0.2, -0.15) is 11.8 Å². The number of hydrogen-bond donors (Lipinski definition) is 0. The summed E-state index contributed by atoms with van der Waals surface area (Å²) in [5.41, 5.74) is -3.50. The normalized spacial score (nSPS) is 28.6. The minimum Gasteiger partial charge on any atom is -0.455 e. The van der Waals surface area contributed by atoms with Gasteiger partial charge in [0.25, 0.3) is 5.91 Å². The van der Waals surface area contributed by atoms with Gasteiger partial charge in [-0.15, -0.1) is 0 Å². The number of nitrogens with zero attached hydrogens (tertiary/aromatic N) is 1. The molecule has 2 aliphatic heterocycles. The zero-order valence-corrected chi connectivity index (χ0v) is 22.4. The maximum Gasteiger partial charge on any atom is 0.312 e. The molecule has 0 aromatic heterocycles. The lowest BCUT2D eigenvalue weighted by Crippen LogP contribution is -2.75. The first-order valence-corrected chi connectivity index (χ1v) is 12.5. The predicted octanol–water partition coefficient (Wildman–Crippen LogP) is 3.21. The molecule has 8 nitrogen and oxygen atoms in total. The van der Waals surface area contributed by atoms with Crippen molar-refractivity contribution in [3.63, 3.8) is 0 Å². The highest BCUT2D eigenvalue weighted by Crippen LogP contribution is 2.41. The Kier molecular flexibility index (Phi) is 7.59. The van der Waals surface area contributed by atoms with E-state index in [1.54, 1.807) is 79.0 Å². The summed E-state index contributed by atoms with van der Waals surface area (Å²) in [4.78, 5) is 53.9. The van der Waals surface area contributed by atoms with Crippen LogP contribution in [-0.4, -0.2) is 70.6 Å². The lowest BCUT2D eigenvalue weighted by atomic mass is 9.81. The number of rotatable bonds is 3. The predicted molar refractivity (Wildman–Crippen MR) is 125 cm³/mol. The molecule has 2 aliphatic rings. The Hall–Kier alpha value is -1.77. The summed E-state index contributed by atoms with van der Waals surface area (Å²) < 4.78 is 17.5. The molecular weight excluding hydrogens is 446 g/mol. The number of carbonyl (C=O) groups excluding carboxylic acids is 4. The first-order chi connectivity index (χ1) is 14.8. The van der Waals surface area contributed by atoms with Crippen molar-refractivity contribution in [2.45, 2.75) is 93.1 Å². The van der Waals surface area contributed by atoms with Crippen LogP contribution in [0.5, 0.6) is 0 Å². The lowest BCUT2D eigenvalue weighted by molar-refractivity contribution is -0.225. The second kappa shape index (κ2) is 9.12. The molecule has 2 heterocycles. The smallest absolute Gasteiger partial charge is 0.312 e. The zero-order valence-electron chi connectivity index (χ0n) is 21.6. The molecule has 2 saturated heterocycles. The minimum absolute atomic E-state index is 0.410. The van der Waals surface area contributed by atoms with Crippen molar-refractivity contribution in [3.8, 4) is 0 Å². The number of carbonyl (C=O) groups is 4. The maximum atomic E-state index is 13.6. The van der Waals surface area contributed by atoms with Gasteiger partial charge in [0.15, 0.2) is 12.2 Å². The van der Waals surface area contributed by atoms with E-state index in [0.29, 0.717) is 18.1 Å². The summed E-state index contributed by atoms with van der Waals surface area (Å²) in [7, 11) is 0. The van der Waals surface area contributed by atoms with Gasteiger partial charge in [-0.05, 0) is 69.2 Å². The van der Waals surface area contributed by atoms with Crippen LogP contribution in [0.15, 0.2) is 0 Å². The molecule has 2 fully saturated rings. The van der Waals surface area contributed by atoms with Crippen molar-refractivity contribution in [3.05, 3.63) is 0 Å². The van der Waals surface area contributed by atoms with Gasteiger partial charge in [0.2, 0.25) is 6.10 Å². The van der Waals surface area contributed by atoms with Gasteiger partial charge in [-0.1, -0.05) is 0 Å². The molecule has 33 heavy (non-hydrogen) atoms. The number of thioether (sulfide) groups is 1. The number of piperidine rings is 1. The van der Waals surface area contributed by atoms with Gasteiger partial charge in [0.1, 0.15) is 0 Å². The molecule has 9 heteroatoms. The third-order valence-electron chi connectivity index (χ3n) is 5.74. The van der Waals surface area contributed by atoms with Crippen molar-refractivity contribution >= 4 is 35.6 Å². The fraction of sp³-hybridized carbons (Fsp3) is 0.833. The highest BCUT2D eigenvalue weighted by atomic mass is 32.2. The molecule has 0 unspecified atom stereocenters. The second-order valence-corrected chi connectivity index (χ2v) is 13.3. The third-order valence-corrected chi connectivity index (χ3v) is 7.00. The maximum absolute atomic E-state index is 13.6. The minimum atomic E-state index is -1.41. The van der Waals surface area contributed by atoms with E-state index < -0.39 is 63.9 Å². The monoisotopic (exact) mass is 485 g/mol. The van der Waals surface area contributed by atoms with Gasteiger partial charge in [-0.25, -0.2) is 0 Å². The molecule has 188 valence electrons. The Balaban J connectivity index is 2.60. The largest absolute Gasteiger partial charge is 0.455 e. The van der Waals surface area contributed by atoms with Gasteiger partial charge in [0, 0.05) is 18.1 Å². The molecule has 0 aromatic rings. The van der Waals surface area contributed by atoms with Crippen LogP contribution in [0.4, 0.5) is 0 Å². The first kappa shape index (κ1) is 27.5. The van der Waals surface area contributed by atoms with E-state index in [9.17, 15) is 19.2 Å². The SMILES string of the molecule is CC(C)(C)C(=O)O[C@@H]1[C@@H](OC(=O)C(C)(C)C)C(=O)N2CCSC[C@]2(C)[C@H]1OC(=O)C(C)(C)C. The molecule has 0 bridgehead atoms. The molecule has 4 atom stereocenters. The van der Waals surface area contributed by atoms with Gasteiger partial charge in [0.05, 0.1) is 21.8 Å². The van der Waals surface area contributed by atoms with Crippen molar-refractivity contribution in [2.75, 3.05) is 18.1 Å². The van der Waals surface area contributed by atoms with E-state index in [0.717, 1.165) is 0 Å². The zero-order chi connectivity index (χ0) is 25.6. The van der Waals surface area contributed by atoms with Crippen LogP contribution >= 0.6 is 11.8 Å². The molecule has 0 spiro atoms. The van der Waals surface area contributed by atoms with Gasteiger partial charge in [-0.3, -0.25) is 19.2 Å². The number of ether oxygens (including phenoxy) is 3.